The van der Waals surface area contributed by atoms with Crippen molar-refractivity contribution in [2.75, 3.05) is 19.5 Å². The summed E-state index contributed by atoms with van der Waals surface area (Å²) in [4.78, 5) is 17.3. The van der Waals surface area contributed by atoms with Gasteiger partial charge in [0.2, 0.25) is 5.88 Å². The highest BCUT2D eigenvalue weighted by Crippen LogP contribution is 2.28. The van der Waals surface area contributed by atoms with E-state index in [1.54, 1.807) is 19.5 Å². The summed E-state index contributed by atoms with van der Waals surface area (Å²) in [5.41, 5.74) is 3.54. The molecule has 0 fully saturated rings. The van der Waals surface area contributed by atoms with E-state index in [0.717, 1.165) is 16.9 Å². The lowest BCUT2D eigenvalue weighted by atomic mass is 10.2. The maximum absolute atomic E-state index is 13.0. The van der Waals surface area contributed by atoms with Crippen LogP contribution in [0.5, 0.6) is 11.6 Å². The van der Waals surface area contributed by atoms with E-state index in [1.165, 1.54) is 11.8 Å². The van der Waals surface area contributed by atoms with Crippen LogP contribution in [0.25, 0.3) is 5.69 Å². The molecule has 0 aliphatic carbocycles. The van der Waals surface area contributed by atoms with E-state index < -0.39 is 0 Å². The van der Waals surface area contributed by atoms with Gasteiger partial charge in [-0.25, -0.2) is 9.67 Å². The van der Waals surface area contributed by atoms with Gasteiger partial charge in [0.25, 0.3) is 5.56 Å². The molecule has 0 spiro atoms. The fraction of sp³-hybridized carbons (Fsp3) is 0.174. The Labute approximate surface area is 179 Å². The smallest absolute Gasteiger partial charge is 0.291 e. The lowest BCUT2D eigenvalue weighted by Crippen LogP contribution is -2.26. The van der Waals surface area contributed by atoms with Crippen LogP contribution in [0.1, 0.15) is 11.3 Å². The van der Waals surface area contributed by atoms with Gasteiger partial charge in [-0.1, -0.05) is 30.3 Å². The summed E-state index contributed by atoms with van der Waals surface area (Å²) < 4.78 is 14.1. The molecule has 0 saturated heterocycles. The SMILES string of the molecule is COc1cc(Nc2ccc(-n3cnc(C)c3)c(OC)c2)c(=O)n(Cc2ccccc2)n1. The van der Waals surface area contributed by atoms with E-state index >= 15 is 0 Å². The largest absolute Gasteiger partial charge is 0.494 e. The van der Waals surface area contributed by atoms with Crippen molar-refractivity contribution in [1.82, 2.24) is 19.3 Å². The molecular formula is C23H23N5O3. The Morgan fingerprint density at radius 3 is 2.52 bits per heavy atom. The van der Waals surface area contributed by atoms with Crippen LogP contribution in [0.4, 0.5) is 11.4 Å². The van der Waals surface area contributed by atoms with Crippen LogP contribution in [-0.2, 0) is 6.54 Å². The molecule has 8 nitrogen and oxygen atoms in total. The second-order valence-corrected chi connectivity index (χ2v) is 6.98. The van der Waals surface area contributed by atoms with E-state index in [-0.39, 0.29) is 5.56 Å². The fourth-order valence-corrected chi connectivity index (χ4v) is 3.25. The molecule has 8 heteroatoms. The molecule has 4 aromatic rings. The number of rotatable bonds is 7. The Morgan fingerprint density at radius 1 is 1.03 bits per heavy atom. The Kier molecular flexibility index (Phi) is 5.70. The number of ether oxygens (including phenoxy) is 2. The zero-order valence-electron chi connectivity index (χ0n) is 17.6. The molecule has 0 unspecified atom stereocenters. The molecule has 0 radical (unpaired) electrons. The lowest BCUT2D eigenvalue weighted by Gasteiger charge is -2.14. The third kappa shape index (κ3) is 4.42. The first kappa shape index (κ1) is 20.2. The first-order valence-electron chi connectivity index (χ1n) is 9.73. The van der Waals surface area contributed by atoms with Crippen molar-refractivity contribution < 1.29 is 9.47 Å². The number of benzene rings is 2. The number of anilines is 2. The third-order valence-electron chi connectivity index (χ3n) is 4.78. The zero-order valence-corrected chi connectivity index (χ0v) is 17.6. The molecule has 2 aromatic carbocycles. The quantitative estimate of drug-likeness (QED) is 0.495. The lowest BCUT2D eigenvalue weighted by molar-refractivity contribution is 0.379. The summed E-state index contributed by atoms with van der Waals surface area (Å²) >= 11 is 0. The van der Waals surface area contributed by atoms with Crippen molar-refractivity contribution in [3.63, 3.8) is 0 Å². The number of aromatic nitrogens is 4. The average Bonchev–Trinajstić information content (AvgIpc) is 3.23. The average molecular weight is 417 g/mol. The van der Waals surface area contributed by atoms with Crippen LogP contribution in [0.2, 0.25) is 0 Å². The summed E-state index contributed by atoms with van der Waals surface area (Å²) in [6.07, 6.45) is 3.65. The van der Waals surface area contributed by atoms with Gasteiger partial charge in [-0.15, -0.1) is 5.10 Å². The molecule has 0 atom stereocenters. The minimum absolute atomic E-state index is 0.252. The van der Waals surface area contributed by atoms with Gasteiger partial charge in [0.15, 0.2) is 0 Å². The summed E-state index contributed by atoms with van der Waals surface area (Å²) in [7, 11) is 3.13. The molecule has 0 aliphatic rings. The molecule has 2 heterocycles. The number of hydrogen-bond donors (Lipinski definition) is 1. The number of aryl methyl sites for hydroxylation is 1. The third-order valence-corrected chi connectivity index (χ3v) is 4.78. The van der Waals surface area contributed by atoms with Crippen molar-refractivity contribution >= 4 is 11.4 Å². The van der Waals surface area contributed by atoms with Crippen molar-refractivity contribution in [1.29, 1.82) is 0 Å². The zero-order chi connectivity index (χ0) is 21.8. The first-order chi connectivity index (χ1) is 15.1. The number of imidazole rings is 1. The monoisotopic (exact) mass is 417 g/mol. The highest BCUT2D eigenvalue weighted by Gasteiger charge is 2.12. The number of hydrogen-bond acceptors (Lipinski definition) is 6. The molecular weight excluding hydrogens is 394 g/mol. The minimum Gasteiger partial charge on any atom is -0.494 e. The van der Waals surface area contributed by atoms with Gasteiger partial charge in [-0.3, -0.25) is 4.79 Å². The van der Waals surface area contributed by atoms with Gasteiger partial charge in [0, 0.05) is 24.0 Å². The van der Waals surface area contributed by atoms with Gasteiger partial charge in [-0.05, 0) is 24.6 Å². The van der Waals surface area contributed by atoms with E-state index in [1.807, 2.05) is 66.2 Å². The molecule has 0 aliphatic heterocycles. The van der Waals surface area contributed by atoms with Gasteiger partial charge < -0.3 is 19.4 Å². The maximum atomic E-state index is 13.0. The van der Waals surface area contributed by atoms with Gasteiger partial charge >= 0.3 is 0 Å². The maximum Gasteiger partial charge on any atom is 0.291 e. The molecule has 0 saturated carbocycles. The Bertz CT molecular complexity index is 1250. The van der Waals surface area contributed by atoms with Crippen LogP contribution >= 0.6 is 0 Å². The molecule has 0 bridgehead atoms. The molecule has 0 amide bonds. The Hall–Kier alpha value is -4.07. The number of methoxy groups -OCH3 is 2. The predicted octanol–water partition coefficient (Wildman–Crippen LogP) is 3.55. The van der Waals surface area contributed by atoms with Gasteiger partial charge in [0.05, 0.1) is 38.5 Å². The van der Waals surface area contributed by atoms with Gasteiger partial charge in [0.1, 0.15) is 11.4 Å². The topological polar surface area (TPSA) is 83.2 Å². The summed E-state index contributed by atoms with van der Waals surface area (Å²) in [5.74, 6) is 0.989. The Morgan fingerprint density at radius 2 is 1.84 bits per heavy atom. The van der Waals surface area contributed by atoms with E-state index in [0.29, 0.717) is 29.5 Å². The Balaban J connectivity index is 1.67. The van der Waals surface area contributed by atoms with E-state index in [4.69, 9.17) is 9.47 Å². The second-order valence-electron chi connectivity index (χ2n) is 6.98. The normalized spacial score (nSPS) is 10.7. The number of nitrogens with zero attached hydrogens (tertiary/aromatic N) is 4. The predicted molar refractivity (Wildman–Crippen MR) is 119 cm³/mol. The summed E-state index contributed by atoms with van der Waals surface area (Å²) in [5, 5.41) is 7.46. The van der Waals surface area contributed by atoms with E-state index in [9.17, 15) is 4.79 Å². The van der Waals surface area contributed by atoms with Crippen LogP contribution in [0, 0.1) is 6.92 Å². The minimum atomic E-state index is -0.252. The van der Waals surface area contributed by atoms with Crippen LogP contribution < -0.4 is 20.3 Å². The first-order valence-corrected chi connectivity index (χ1v) is 9.73. The van der Waals surface area contributed by atoms with Crippen molar-refractivity contribution in [3.05, 3.63) is 88.7 Å². The van der Waals surface area contributed by atoms with Crippen LogP contribution in [0.15, 0.2) is 71.9 Å². The second kappa shape index (κ2) is 8.74. The number of nitrogens with one attached hydrogen (secondary N) is 1. The summed E-state index contributed by atoms with van der Waals surface area (Å²) in [6, 6.07) is 16.9. The molecule has 158 valence electrons. The molecule has 1 N–H and O–H groups in total. The molecule has 31 heavy (non-hydrogen) atoms. The van der Waals surface area contributed by atoms with Gasteiger partial charge in [-0.2, -0.15) is 0 Å². The van der Waals surface area contributed by atoms with Crippen molar-refractivity contribution in [2.24, 2.45) is 0 Å². The van der Waals surface area contributed by atoms with Crippen molar-refractivity contribution in [2.45, 2.75) is 13.5 Å². The van der Waals surface area contributed by atoms with Crippen molar-refractivity contribution in [3.8, 4) is 17.3 Å². The molecule has 2 aromatic heterocycles. The van der Waals surface area contributed by atoms with Crippen LogP contribution in [-0.4, -0.2) is 33.6 Å². The van der Waals surface area contributed by atoms with Crippen LogP contribution in [0.3, 0.4) is 0 Å². The van der Waals surface area contributed by atoms with E-state index in [2.05, 4.69) is 15.4 Å². The fourth-order valence-electron chi connectivity index (χ4n) is 3.25. The molecule has 4 rings (SSSR count). The highest BCUT2D eigenvalue weighted by atomic mass is 16.5. The summed E-state index contributed by atoms with van der Waals surface area (Å²) in [6.45, 7) is 2.27. The standard InChI is InChI=1S/C23H23N5O3/c1-16-13-27(15-24-16)20-10-9-18(11-21(20)30-2)25-19-12-22(31-3)26-28(23(19)29)14-17-7-5-4-6-8-17/h4-13,15,25H,14H2,1-3H3. The highest BCUT2D eigenvalue weighted by molar-refractivity contribution is 5.65.